The molecular weight excluding hydrogens is 396 g/mol. The molecule has 2 amide bonds. The van der Waals surface area contributed by atoms with Crippen LogP contribution in [-0.2, 0) is 16.1 Å². The Morgan fingerprint density at radius 3 is 2.39 bits per heavy atom. The highest BCUT2D eigenvalue weighted by atomic mass is 16.5. The van der Waals surface area contributed by atoms with Crippen LogP contribution in [0.15, 0.2) is 65.5 Å². The number of nitrogens with one attached hydrogen (secondary N) is 2. The van der Waals surface area contributed by atoms with Gasteiger partial charge in [-0.2, -0.15) is 5.10 Å². The standard InChI is InChI=1S/C23H24N4O4/c1-16-3-5-18(6-4-16)21-11-12-23(30)27(26-21)14-13-24-22(29)15-31-20-9-7-19(8-10-20)25-17(2)28/h3-12H,13-15H2,1-2H3,(H,24,29)(H,25,28). The predicted octanol–water partition coefficient (Wildman–Crippen LogP) is 2.37. The fraction of sp³-hybridized carbons (Fsp3) is 0.217. The lowest BCUT2D eigenvalue weighted by molar-refractivity contribution is -0.123. The number of carbonyl (C=O) groups is 2. The van der Waals surface area contributed by atoms with Crippen LogP contribution in [0, 0.1) is 6.92 Å². The summed E-state index contributed by atoms with van der Waals surface area (Å²) >= 11 is 0. The molecule has 0 fully saturated rings. The minimum atomic E-state index is -0.311. The van der Waals surface area contributed by atoms with Gasteiger partial charge in [0, 0.05) is 30.8 Å². The van der Waals surface area contributed by atoms with Crippen molar-refractivity contribution in [3.8, 4) is 17.0 Å². The number of anilines is 1. The molecule has 0 aliphatic heterocycles. The van der Waals surface area contributed by atoms with Gasteiger partial charge in [-0.1, -0.05) is 29.8 Å². The van der Waals surface area contributed by atoms with E-state index >= 15 is 0 Å². The molecule has 31 heavy (non-hydrogen) atoms. The van der Waals surface area contributed by atoms with Crippen molar-refractivity contribution in [2.75, 3.05) is 18.5 Å². The fourth-order valence-corrected chi connectivity index (χ4v) is 2.83. The van der Waals surface area contributed by atoms with Gasteiger partial charge in [-0.3, -0.25) is 14.4 Å². The van der Waals surface area contributed by atoms with Crippen molar-refractivity contribution < 1.29 is 14.3 Å². The summed E-state index contributed by atoms with van der Waals surface area (Å²) < 4.78 is 6.76. The van der Waals surface area contributed by atoms with E-state index in [9.17, 15) is 14.4 Å². The molecule has 0 aliphatic carbocycles. The highest BCUT2D eigenvalue weighted by Crippen LogP contribution is 2.16. The Bertz CT molecular complexity index is 1110. The van der Waals surface area contributed by atoms with Crippen molar-refractivity contribution in [1.82, 2.24) is 15.1 Å². The number of carbonyl (C=O) groups excluding carboxylic acids is 2. The van der Waals surface area contributed by atoms with Crippen LogP contribution in [0.2, 0.25) is 0 Å². The van der Waals surface area contributed by atoms with E-state index in [1.807, 2.05) is 31.2 Å². The summed E-state index contributed by atoms with van der Waals surface area (Å²) in [6.45, 7) is 3.76. The van der Waals surface area contributed by atoms with E-state index in [0.717, 1.165) is 11.1 Å². The SMILES string of the molecule is CC(=O)Nc1ccc(OCC(=O)NCCn2nc(-c3ccc(C)cc3)ccc2=O)cc1. The number of amides is 2. The van der Waals surface area contributed by atoms with E-state index in [0.29, 0.717) is 17.1 Å². The van der Waals surface area contributed by atoms with Gasteiger partial charge in [-0.25, -0.2) is 4.68 Å². The lowest BCUT2D eigenvalue weighted by Gasteiger charge is -2.10. The quantitative estimate of drug-likeness (QED) is 0.583. The molecule has 0 saturated carbocycles. The molecule has 0 spiro atoms. The fourth-order valence-electron chi connectivity index (χ4n) is 2.83. The first-order valence-corrected chi connectivity index (χ1v) is 9.83. The summed E-state index contributed by atoms with van der Waals surface area (Å²) in [5.74, 6) is 0.0349. The lowest BCUT2D eigenvalue weighted by atomic mass is 10.1. The zero-order chi connectivity index (χ0) is 22.2. The van der Waals surface area contributed by atoms with E-state index in [1.54, 1.807) is 30.3 Å². The van der Waals surface area contributed by atoms with Crippen LogP contribution in [0.1, 0.15) is 12.5 Å². The average Bonchev–Trinajstić information content (AvgIpc) is 2.75. The van der Waals surface area contributed by atoms with E-state index in [2.05, 4.69) is 15.7 Å². The molecule has 2 N–H and O–H groups in total. The second-order valence-corrected chi connectivity index (χ2v) is 6.99. The Balaban J connectivity index is 1.49. The molecule has 1 aromatic heterocycles. The van der Waals surface area contributed by atoms with Gasteiger partial charge in [-0.05, 0) is 37.3 Å². The molecule has 8 nitrogen and oxygen atoms in total. The largest absolute Gasteiger partial charge is 0.484 e. The zero-order valence-corrected chi connectivity index (χ0v) is 17.4. The smallest absolute Gasteiger partial charge is 0.266 e. The first kappa shape index (κ1) is 21.8. The van der Waals surface area contributed by atoms with Gasteiger partial charge in [0.1, 0.15) is 5.75 Å². The number of aryl methyl sites for hydroxylation is 1. The van der Waals surface area contributed by atoms with Crippen molar-refractivity contribution in [3.05, 3.63) is 76.6 Å². The molecule has 8 heteroatoms. The van der Waals surface area contributed by atoms with Crippen LogP contribution in [0.5, 0.6) is 5.75 Å². The third-order valence-electron chi connectivity index (χ3n) is 4.40. The van der Waals surface area contributed by atoms with Gasteiger partial charge in [0.15, 0.2) is 6.61 Å². The molecule has 3 aromatic rings. The first-order valence-electron chi connectivity index (χ1n) is 9.83. The van der Waals surface area contributed by atoms with Crippen LogP contribution >= 0.6 is 0 Å². The number of benzene rings is 2. The molecular formula is C23H24N4O4. The van der Waals surface area contributed by atoms with Crippen LogP contribution in [0.4, 0.5) is 5.69 Å². The maximum absolute atomic E-state index is 12.1. The maximum atomic E-state index is 12.1. The molecule has 3 rings (SSSR count). The van der Waals surface area contributed by atoms with Crippen LogP contribution in [0.3, 0.4) is 0 Å². The highest BCUT2D eigenvalue weighted by molar-refractivity contribution is 5.88. The lowest BCUT2D eigenvalue weighted by Crippen LogP contribution is -2.34. The van der Waals surface area contributed by atoms with Crippen LogP contribution in [-0.4, -0.2) is 34.7 Å². The third-order valence-corrected chi connectivity index (χ3v) is 4.40. The summed E-state index contributed by atoms with van der Waals surface area (Å²) in [6.07, 6.45) is 0. The van der Waals surface area contributed by atoms with Gasteiger partial charge < -0.3 is 15.4 Å². The molecule has 0 saturated heterocycles. The molecule has 1 heterocycles. The Morgan fingerprint density at radius 2 is 1.71 bits per heavy atom. The summed E-state index contributed by atoms with van der Waals surface area (Å²) in [7, 11) is 0. The Labute approximate surface area is 179 Å². The van der Waals surface area contributed by atoms with Crippen molar-refractivity contribution in [1.29, 1.82) is 0 Å². The minimum absolute atomic E-state index is 0.161. The van der Waals surface area contributed by atoms with E-state index < -0.39 is 0 Å². The maximum Gasteiger partial charge on any atom is 0.266 e. The number of rotatable bonds is 8. The van der Waals surface area contributed by atoms with E-state index in [-0.39, 0.29) is 37.1 Å². The number of hydrogen-bond donors (Lipinski definition) is 2. The molecule has 0 unspecified atom stereocenters. The van der Waals surface area contributed by atoms with Crippen molar-refractivity contribution in [2.45, 2.75) is 20.4 Å². The summed E-state index contributed by atoms with van der Waals surface area (Å²) in [4.78, 5) is 35.1. The van der Waals surface area contributed by atoms with E-state index in [1.165, 1.54) is 17.7 Å². The van der Waals surface area contributed by atoms with Crippen molar-refractivity contribution in [2.24, 2.45) is 0 Å². The molecule has 160 valence electrons. The van der Waals surface area contributed by atoms with Crippen LogP contribution in [0.25, 0.3) is 11.3 Å². The Hall–Kier alpha value is -3.94. The predicted molar refractivity (Wildman–Crippen MR) is 118 cm³/mol. The Morgan fingerprint density at radius 1 is 1.00 bits per heavy atom. The Kier molecular flexibility index (Phi) is 7.16. The van der Waals surface area contributed by atoms with Crippen molar-refractivity contribution in [3.63, 3.8) is 0 Å². The van der Waals surface area contributed by atoms with Crippen LogP contribution < -0.4 is 20.9 Å². The van der Waals surface area contributed by atoms with Gasteiger partial charge in [0.25, 0.3) is 11.5 Å². The van der Waals surface area contributed by atoms with Gasteiger partial charge in [-0.15, -0.1) is 0 Å². The summed E-state index contributed by atoms with van der Waals surface area (Å²) in [5, 5.41) is 9.75. The molecule has 0 bridgehead atoms. The van der Waals surface area contributed by atoms with Gasteiger partial charge in [0.2, 0.25) is 5.91 Å². The van der Waals surface area contributed by atoms with E-state index in [4.69, 9.17) is 4.74 Å². The second-order valence-electron chi connectivity index (χ2n) is 6.99. The topological polar surface area (TPSA) is 102 Å². The highest BCUT2D eigenvalue weighted by Gasteiger charge is 2.06. The van der Waals surface area contributed by atoms with Gasteiger partial charge >= 0.3 is 0 Å². The number of nitrogens with zero attached hydrogens (tertiary/aromatic N) is 2. The molecule has 0 aliphatic rings. The average molecular weight is 420 g/mol. The summed E-state index contributed by atoms with van der Waals surface area (Å²) in [6, 6.07) is 17.7. The molecule has 0 atom stereocenters. The molecule has 2 aromatic carbocycles. The monoisotopic (exact) mass is 420 g/mol. The minimum Gasteiger partial charge on any atom is -0.484 e. The zero-order valence-electron chi connectivity index (χ0n) is 17.4. The number of aromatic nitrogens is 2. The number of hydrogen-bond acceptors (Lipinski definition) is 5. The normalized spacial score (nSPS) is 10.4. The van der Waals surface area contributed by atoms with Crippen molar-refractivity contribution >= 4 is 17.5 Å². The third kappa shape index (κ3) is 6.53. The second kappa shape index (κ2) is 10.2. The first-order chi connectivity index (χ1) is 14.9. The molecule has 0 radical (unpaired) electrons. The summed E-state index contributed by atoms with van der Waals surface area (Å²) in [5.41, 5.74) is 3.17. The van der Waals surface area contributed by atoms with Gasteiger partial charge in [0.05, 0.1) is 12.2 Å². The number of ether oxygens (including phenoxy) is 1.